The lowest BCUT2D eigenvalue weighted by Crippen LogP contribution is -2.54. The van der Waals surface area contributed by atoms with Crippen LogP contribution in [0, 0.1) is 5.82 Å². The molecule has 2 amide bonds. The summed E-state index contributed by atoms with van der Waals surface area (Å²) in [6.07, 6.45) is 0. The second-order valence-corrected chi connectivity index (χ2v) is 4.24. The number of rotatable bonds is 2. The van der Waals surface area contributed by atoms with E-state index in [0.717, 1.165) is 0 Å². The lowest BCUT2D eigenvalue weighted by molar-refractivity contribution is -0.150. The number of halogens is 1. The monoisotopic (exact) mass is 282 g/mol. The molecule has 0 saturated carbocycles. The summed E-state index contributed by atoms with van der Waals surface area (Å²) >= 11 is 0. The molecule has 20 heavy (non-hydrogen) atoms. The van der Waals surface area contributed by atoms with E-state index < -0.39 is 18.0 Å². The fourth-order valence-corrected chi connectivity index (χ4v) is 1.91. The summed E-state index contributed by atoms with van der Waals surface area (Å²) in [4.78, 5) is 25.1. The third-order valence-corrected chi connectivity index (χ3v) is 2.96. The van der Waals surface area contributed by atoms with E-state index in [1.165, 1.54) is 36.3 Å². The minimum absolute atomic E-state index is 0.101. The van der Waals surface area contributed by atoms with Crippen LogP contribution in [0.3, 0.4) is 0 Å². The van der Waals surface area contributed by atoms with Crippen molar-refractivity contribution >= 4 is 17.7 Å². The first kappa shape index (κ1) is 14.3. The molecule has 1 unspecified atom stereocenters. The SMILES string of the molecule is COC(=O)C1COCCN1C(=O)Nc1ccc(F)cc1. The van der Waals surface area contributed by atoms with Crippen molar-refractivity contribution in [2.24, 2.45) is 0 Å². The van der Waals surface area contributed by atoms with Gasteiger partial charge in [0.2, 0.25) is 0 Å². The summed E-state index contributed by atoms with van der Waals surface area (Å²) in [6, 6.07) is 4.16. The van der Waals surface area contributed by atoms with Crippen molar-refractivity contribution in [1.29, 1.82) is 0 Å². The van der Waals surface area contributed by atoms with Gasteiger partial charge >= 0.3 is 12.0 Å². The van der Waals surface area contributed by atoms with Crippen LogP contribution in [0.15, 0.2) is 24.3 Å². The van der Waals surface area contributed by atoms with Crippen LogP contribution in [0.4, 0.5) is 14.9 Å². The topological polar surface area (TPSA) is 67.9 Å². The van der Waals surface area contributed by atoms with E-state index in [9.17, 15) is 14.0 Å². The second-order valence-electron chi connectivity index (χ2n) is 4.24. The maximum Gasteiger partial charge on any atom is 0.331 e. The van der Waals surface area contributed by atoms with Crippen molar-refractivity contribution < 1.29 is 23.5 Å². The average molecular weight is 282 g/mol. The summed E-state index contributed by atoms with van der Waals surface area (Å²) in [5, 5.41) is 2.60. The van der Waals surface area contributed by atoms with Gasteiger partial charge in [0.15, 0.2) is 6.04 Å². The minimum Gasteiger partial charge on any atom is -0.467 e. The molecule has 1 fully saturated rings. The summed E-state index contributed by atoms with van der Waals surface area (Å²) < 4.78 is 22.6. The number of nitrogens with one attached hydrogen (secondary N) is 1. The first-order chi connectivity index (χ1) is 9.61. The molecule has 0 aromatic heterocycles. The number of morpholine rings is 1. The van der Waals surface area contributed by atoms with Crippen LogP contribution in [-0.2, 0) is 14.3 Å². The maximum atomic E-state index is 12.8. The van der Waals surface area contributed by atoms with E-state index in [1.54, 1.807) is 0 Å². The van der Waals surface area contributed by atoms with Crippen molar-refractivity contribution in [3.05, 3.63) is 30.1 Å². The van der Waals surface area contributed by atoms with Crippen LogP contribution >= 0.6 is 0 Å². The van der Waals surface area contributed by atoms with Gasteiger partial charge in [0.05, 0.1) is 20.3 Å². The number of carbonyl (C=O) groups excluding carboxylic acids is 2. The Bertz CT molecular complexity index is 492. The van der Waals surface area contributed by atoms with Crippen LogP contribution in [0.25, 0.3) is 0 Å². The fourth-order valence-electron chi connectivity index (χ4n) is 1.91. The highest BCUT2D eigenvalue weighted by Crippen LogP contribution is 2.13. The van der Waals surface area contributed by atoms with Gasteiger partial charge in [-0.05, 0) is 24.3 Å². The minimum atomic E-state index is -0.769. The Morgan fingerprint density at radius 3 is 2.75 bits per heavy atom. The van der Waals surface area contributed by atoms with Crippen molar-refractivity contribution in [1.82, 2.24) is 4.90 Å². The zero-order chi connectivity index (χ0) is 14.5. The van der Waals surface area contributed by atoms with Crippen molar-refractivity contribution in [3.63, 3.8) is 0 Å². The third kappa shape index (κ3) is 3.24. The molecular weight excluding hydrogens is 267 g/mol. The van der Waals surface area contributed by atoms with Gasteiger partial charge in [-0.1, -0.05) is 0 Å². The largest absolute Gasteiger partial charge is 0.467 e. The highest BCUT2D eigenvalue weighted by Gasteiger charge is 2.33. The molecule has 1 N–H and O–H groups in total. The molecule has 1 aromatic rings. The number of benzene rings is 1. The summed E-state index contributed by atoms with van der Waals surface area (Å²) in [5.41, 5.74) is 0.450. The number of urea groups is 1. The Labute approximate surface area is 115 Å². The molecule has 0 radical (unpaired) electrons. The van der Waals surface area contributed by atoms with E-state index in [4.69, 9.17) is 4.74 Å². The Balaban J connectivity index is 2.05. The molecule has 0 aliphatic carbocycles. The van der Waals surface area contributed by atoms with Crippen LogP contribution in [0.5, 0.6) is 0 Å². The Morgan fingerprint density at radius 2 is 2.10 bits per heavy atom. The molecule has 1 atom stereocenters. The van der Waals surface area contributed by atoms with E-state index in [-0.39, 0.29) is 19.0 Å². The van der Waals surface area contributed by atoms with Gasteiger partial charge in [0.25, 0.3) is 0 Å². The second kappa shape index (κ2) is 6.33. The van der Waals surface area contributed by atoms with E-state index in [1.807, 2.05) is 0 Å². The molecule has 6 nitrogen and oxygen atoms in total. The van der Waals surface area contributed by atoms with Gasteiger partial charge in [-0.3, -0.25) is 0 Å². The van der Waals surface area contributed by atoms with Crippen LogP contribution in [-0.4, -0.2) is 49.8 Å². The fraction of sp³-hybridized carbons (Fsp3) is 0.385. The van der Waals surface area contributed by atoms with E-state index in [0.29, 0.717) is 12.3 Å². The summed E-state index contributed by atoms with van der Waals surface area (Å²) in [6.45, 7) is 0.737. The number of ether oxygens (including phenoxy) is 2. The molecule has 0 spiro atoms. The predicted octanol–water partition coefficient (Wildman–Crippen LogP) is 1.23. The first-order valence-corrected chi connectivity index (χ1v) is 6.10. The lowest BCUT2D eigenvalue weighted by Gasteiger charge is -2.33. The smallest absolute Gasteiger partial charge is 0.331 e. The van der Waals surface area contributed by atoms with Crippen molar-refractivity contribution in [2.45, 2.75) is 6.04 Å². The summed E-state index contributed by atoms with van der Waals surface area (Å²) in [7, 11) is 1.26. The number of anilines is 1. The Hall–Kier alpha value is -2.15. The number of hydrogen-bond donors (Lipinski definition) is 1. The standard InChI is InChI=1S/C13H15FN2O4/c1-19-12(17)11-8-20-7-6-16(11)13(18)15-10-4-2-9(14)3-5-10/h2-5,11H,6-8H2,1H3,(H,15,18). The van der Waals surface area contributed by atoms with Gasteiger partial charge < -0.3 is 19.7 Å². The van der Waals surface area contributed by atoms with Crippen LogP contribution in [0.1, 0.15) is 0 Å². The molecule has 1 aliphatic heterocycles. The first-order valence-electron chi connectivity index (χ1n) is 6.10. The molecule has 7 heteroatoms. The Morgan fingerprint density at radius 1 is 1.40 bits per heavy atom. The number of nitrogens with zero attached hydrogens (tertiary/aromatic N) is 1. The predicted molar refractivity (Wildman–Crippen MR) is 68.7 cm³/mol. The molecular formula is C13H15FN2O4. The molecule has 1 aliphatic rings. The van der Waals surface area contributed by atoms with Gasteiger partial charge in [0, 0.05) is 12.2 Å². The zero-order valence-corrected chi connectivity index (χ0v) is 11.0. The normalized spacial score (nSPS) is 18.5. The molecule has 1 aromatic carbocycles. The molecule has 1 heterocycles. The van der Waals surface area contributed by atoms with E-state index in [2.05, 4.69) is 10.1 Å². The van der Waals surface area contributed by atoms with Gasteiger partial charge in [-0.25, -0.2) is 14.0 Å². The molecule has 108 valence electrons. The quantitative estimate of drug-likeness (QED) is 0.828. The number of amides is 2. The lowest BCUT2D eigenvalue weighted by atomic mass is 10.2. The average Bonchev–Trinajstić information content (AvgIpc) is 2.48. The number of hydrogen-bond acceptors (Lipinski definition) is 4. The van der Waals surface area contributed by atoms with Gasteiger partial charge in [-0.2, -0.15) is 0 Å². The Kier molecular flexibility index (Phi) is 4.52. The third-order valence-electron chi connectivity index (χ3n) is 2.96. The molecule has 0 bridgehead atoms. The zero-order valence-electron chi connectivity index (χ0n) is 11.0. The highest BCUT2D eigenvalue weighted by atomic mass is 19.1. The maximum absolute atomic E-state index is 12.8. The molecule has 2 rings (SSSR count). The molecule has 1 saturated heterocycles. The number of carbonyl (C=O) groups is 2. The van der Waals surface area contributed by atoms with Crippen LogP contribution < -0.4 is 5.32 Å². The summed E-state index contributed by atoms with van der Waals surface area (Å²) in [5.74, 6) is -0.916. The number of methoxy groups -OCH3 is 1. The van der Waals surface area contributed by atoms with Gasteiger partial charge in [0.1, 0.15) is 5.82 Å². The number of esters is 1. The van der Waals surface area contributed by atoms with E-state index >= 15 is 0 Å². The van der Waals surface area contributed by atoms with Crippen molar-refractivity contribution in [2.75, 3.05) is 32.2 Å². The van der Waals surface area contributed by atoms with Gasteiger partial charge in [-0.15, -0.1) is 0 Å². The van der Waals surface area contributed by atoms with Crippen molar-refractivity contribution in [3.8, 4) is 0 Å². The van der Waals surface area contributed by atoms with Crippen LogP contribution in [0.2, 0.25) is 0 Å². The highest BCUT2D eigenvalue weighted by molar-refractivity contribution is 5.92.